The van der Waals surface area contributed by atoms with E-state index >= 15 is 0 Å². The largest absolute Gasteiger partial charge is 0.465 e. The van der Waals surface area contributed by atoms with Crippen molar-refractivity contribution in [3.63, 3.8) is 0 Å². The molecule has 0 bridgehead atoms. The van der Waals surface area contributed by atoms with Crippen molar-refractivity contribution in [1.82, 2.24) is 9.55 Å². The number of hydrogen-bond donors (Lipinski definition) is 1. The highest BCUT2D eigenvalue weighted by Crippen LogP contribution is 2.20. The van der Waals surface area contributed by atoms with Gasteiger partial charge in [-0.15, -0.1) is 0 Å². The highest BCUT2D eigenvalue weighted by atomic mass is 16.3. The van der Waals surface area contributed by atoms with Crippen molar-refractivity contribution in [2.75, 3.05) is 5.32 Å². The predicted molar refractivity (Wildman–Crippen MR) is 86.4 cm³/mol. The van der Waals surface area contributed by atoms with Gasteiger partial charge in [0.05, 0.1) is 17.3 Å². The van der Waals surface area contributed by atoms with Crippen LogP contribution in [0.25, 0.3) is 17.1 Å². The molecule has 22 heavy (non-hydrogen) atoms. The van der Waals surface area contributed by atoms with Gasteiger partial charge in [-0.05, 0) is 36.8 Å². The smallest absolute Gasteiger partial charge is 0.250 e. The fourth-order valence-electron chi connectivity index (χ4n) is 2.32. The molecule has 3 rings (SSSR count). The van der Waals surface area contributed by atoms with Gasteiger partial charge in [-0.2, -0.15) is 0 Å². The zero-order valence-corrected chi connectivity index (χ0v) is 12.3. The minimum atomic E-state index is -0.232. The fourth-order valence-corrected chi connectivity index (χ4v) is 2.32. The maximum atomic E-state index is 12.0. The number of fused-ring (bicyclic) bond motifs is 1. The number of furan rings is 1. The van der Waals surface area contributed by atoms with Gasteiger partial charge < -0.3 is 8.98 Å². The van der Waals surface area contributed by atoms with Gasteiger partial charge in [-0.3, -0.25) is 10.1 Å². The molecule has 0 fully saturated rings. The molecule has 0 saturated heterocycles. The highest BCUT2D eigenvalue weighted by molar-refractivity contribution is 6.01. The zero-order chi connectivity index (χ0) is 15.4. The van der Waals surface area contributed by atoms with Gasteiger partial charge in [0.25, 0.3) is 5.91 Å². The third-order valence-electron chi connectivity index (χ3n) is 3.28. The Morgan fingerprint density at radius 2 is 2.18 bits per heavy atom. The summed E-state index contributed by atoms with van der Waals surface area (Å²) in [4.78, 5) is 16.5. The van der Waals surface area contributed by atoms with Crippen LogP contribution in [-0.2, 0) is 11.3 Å². The van der Waals surface area contributed by atoms with Gasteiger partial charge in [-0.25, -0.2) is 4.98 Å². The number of nitrogens with zero attached hydrogens (tertiary/aromatic N) is 2. The molecule has 1 N–H and O–H groups in total. The standard InChI is InChI=1S/C17H17N3O2/c1-2-11-20-15-8-4-3-7-14(15)18-17(20)19-16(21)10-9-13-6-5-12-22-13/h3-10,12H,2,11H2,1H3,(H,18,19,21)/b10-9-. The molecule has 3 aromatic rings. The number of hydrogen-bond acceptors (Lipinski definition) is 3. The Bertz CT molecular complexity index is 801. The number of para-hydroxylation sites is 2. The molecule has 2 aromatic heterocycles. The lowest BCUT2D eigenvalue weighted by Gasteiger charge is -2.07. The Hall–Kier alpha value is -2.82. The highest BCUT2D eigenvalue weighted by Gasteiger charge is 2.11. The molecule has 2 heterocycles. The second-order valence-electron chi connectivity index (χ2n) is 4.91. The molecular formula is C17H17N3O2. The molecular weight excluding hydrogens is 278 g/mol. The predicted octanol–water partition coefficient (Wildman–Crippen LogP) is 3.69. The summed E-state index contributed by atoms with van der Waals surface area (Å²) in [6.45, 7) is 2.90. The van der Waals surface area contributed by atoms with Crippen molar-refractivity contribution < 1.29 is 9.21 Å². The Morgan fingerprint density at radius 3 is 2.95 bits per heavy atom. The van der Waals surface area contributed by atoms with Crippen LogP contribution in [0.15, 0.2) is 53.2 Å². The molecule has 0 aliphatic rings. The van der Waals surface area contributed by atoms with Crippen LogP contribution in [0.5, 0.6) is 0 Å². The van der Waals surface area contributed by atoms with Crippen LogP contribution in [0.4, 0.5) is 5.95 Å². The van der Waals surface area contributed by atoms with Gasteiger partial charge in [0.1, 0.15) is 5.76 Å². The van der Waals surface area contributed by atoms with E-state index in [4.69, 9.17) is 4.42 Å². The lowest BCUT2D eigenvalue weighted by atomic mass is 10.3. The van der Waals surface area contributed by atoms with Gasteiger partial charge in [0.15, 0.2) is 0 Å². The molecule has 5 heteroatoms. The van der Waals surface area contributed by atoms with E-state index in [2.05, 4.69) is 17.2 Å². The van der Waals surface area contributed by atoms with Crippen molar-refractivity contribution in [2.24, 2.45) is 0 Å². The molecule has 112 valence electrons. The van der Waals surface area contributed by atoms with E-state index in [9.17, 15) is 4.79 Å². The first-order valence-corrected chi connectivity index (χ1v) is 7.26. The van der Waals surface area contributed by atoms with Crippen LogP contribution in [0.2, 0.25) is 0 Å². The normalized spacial score (nSPS) is 11.3. The minimum absolute atomic E-state index is 0.232. The summed E-state index contributed by atoms with van der Waals surface area (Å²) in [7, 11) is 0. The summed E-state index contributed by atoms with van der Waals surface area (Å²) in [6.07, 6.45) is 5.60. The van der Waals surface area contributed by atoms with E-state index in [1.54, 1.807) is 24.5 Å². The van der Waals surface area contributed by atoms with E-state index in [1.807, 2.05) is 28.8 Å². The SMILES string of the molecule is CCCn1c(NC(=O)/C=C\c2ccco2)nc2ccccc21. The summed E-state index contributed by atoms with van der Waals surface area (Å²) in [5, 5.41) is 2.83. The number of anilines is 1. The topological polar surface area (TPSA) is 60.1 Å². The first-order chi connectivity index (χ1) is 10.8. The lowest BCUT2D eigenvalue weighted by molar-refractivity contribution is -0.111. The summed E-state index contributed by atoms with van der Waals surface area (Å²) in [6, 6.07) is 11.4. The van der Waals surface area contributed by atoms with Gasteiger partial charge >= 0.3 is 0 Å². The van der Waals surface area contributed by atoms with E-state index in [1.165, 1.54) is 6.08 Å². The number of benzene rings is 1. The average molecular weight is 295 g/mol. The first-order valence-electron chi connectivity index (χ1n) is 7.26. The Morgan fingerprint density at radius 1 is 1.32 bits per heavy atom. The van der Waals surface area contributed by atoms with Gasteiger partial charge in [0, 0.05) is 12.6 Å². The number of imidazole rings is 1. The number of carbonyl (C=O) groups excluding carboxylic acids is 1. The number of amides is 1. The average Bonchev–Trinajstić information content (AvgIpc) is 3.14. The van der Waals surface area contributed by atoms with Gasteiger partial charge in [0.2, 0.25) is 5.95 Å². The maximum Gasteiger partial charge on any atom is 0.250 e. The van der Waals surface area contributed by atoms with Crippen molar-refractivity contribution >= 4 is 29.0 Å². The Kier molecular flexibility index (Phi) is 4.05. The van der Waals surface area contributed by atoms with E-state index in [0.29, 0.717) is 11.7 Å². The van der Waals surface area contributed by atoms with Crippen molar-refractivity contribution in [3.8, 4) is 0 Å². The molecule has 0 aliphatic carbocycles. The first kappa shape index (κ1) is 14.1. The number of aryl methyl sites for hydroxylation is 1. The molecule has 0 spiro atoms. The Labute approximate surface area is 128 Å². The van der Waals surface area contributed by atoms with Crippen LogP contribution in [0.1, 0.15) is 19.1 Å². The molecule has 1 amide bonds. The van der Waals surface area contributed by atoms with Crippen molar-refractivity contribution in [3.05, 3.63) is 54.5 Å². The van der Waals surface area contributed by atoms with Crippen LogP contribution in [0.3, 0.4) is 0 Å². The number of carbonyl (C=O) groups is 1. The molecule has 0 aliphatic heterocycles. The summed E-state index contributed by atoms with van der Waals surface area (Å²) < 4.78 is 7.18. The number of rotatable bonds is 5. The molecule has 1 aromatic carbocycles. The fraction of sp³-hybridized carbons (Fsp3) is 0.176. The van der Waals surface area contributed by atoms with Crippen molar-refractivity contribution in [2.45, 2.75) is 19.9 Å². The minimum Gasteiger partial charge on any atom is -0.465 e. The third kappa shape index (κ3) is 2.93. The molecule has 0 saturated carbocycles. The number of aromatic nitrogens is 2. The second-order valence-corrected chi connectivity index (χ2v) is 4.91. The van der Waals surface area contributed by atoms with Crippen LogP contribution in [-0.4, -0.2) is 15.5 Å². The van der Waals surface area contributed by atoms with E-state index < -0.39 is 0 Å². The summed E-state index contributed by atoms with van der Waals surface area (Å²) >= 11 is 0. The molecule has 0 unspecified atom stereocenters. The van der Waals surface area contributed by atoms with Crippen LogP contribution >= 0.6 is 0 Å². The summed E-state index contributed by atoms with van der Waals surface area (Å²) in [5.41, 5.74) is 1.90. The molecule has 0 radical (unpaired) electrons. The maximum absolute atomic E-state index is 12.0. The van der Waals surface area contributed by atoms with Crippen LogP contribution < -0.4 is 5.32 Å². The molecule has 0 atom stereocenters. The Balaban J connectivity index is 1.83. The van der Waals surface area contributed by atoms with Crippen molar-refractivity contribution in [1.29, 1.82) is 0 Å². The zero-order valence-electron chi connectivity index (χ0n) is 12.3. The number of nitrogens with one attached hydrogen (secondary N) is 1. The van der Waals surface area contributed by atoms with E-state index in [0.717, 1.165) is 24.0 Å². The monoisotopic (exact) mass is 295 g/mol. The second kappa shape index (κ2) is 6.30. The van der Waals surface area contributed by atoms with E-state index in [-0.39, 0.29) is 5.91 Å². The lowest BCUT2D eigenvalue weighted by Crippen LogP contribution is -2.13. The van der Waals surface area contributed by atoms with Crippen LogP contribution in [0, 0.1) is 0 Å². The van der Waals surface area contributed by atoms with Gasteiger partial charge in [-0.1, -0.05) is 19.1 Å². The quantitative estimate of drug-likeness (QED) is 0.730. The molecule has 5 nitrogen and oxygen atoms in total. The summed E-state index contributed by atoms with van der Waals surface area (Å²) in [5.74, 6) is 0.971. The third-order valence-corrected chi connectivity index (χ3v) is 3.28.